The summed E-state index contributed by atoms with van der Waals surface area (Å²) in [6.45, 7) is 4.23. The molecule has 1 amide bonds. The zero-order valence-electron chi connectivity index (χ0n) is 48.4. The summed E-state index contributed by atoms with van der Waals surface area (Å²) in [6.07, 6.45) is 91.0. The molecule has 0 saturated carbocycles. The lowest BCUT2D eigenvalue weighted by Crippen LogP contribution is -2.45. The molecule has 420 valence electrons. The van der Waals surface area contributed by atoms with Crippen molar-refractivity contribution in [3.05, 3.63) is 72.9 Å². The van der Waals surface area contributed by atoms with Gasteiger partial charge < -0.3 is 15.5 Å². The topological polar surface area (TPSA) is 69.6 Å². The van der Waals surface area contributed by atoms with Crippen molar-refractivity contribution >= 4 is 5.91 Å². The molecule has 0 aliphatic rings. The van der Waals surface area contributed by atoms with Crippen LogP contribution in [0.1, 0.15) is 335 Å². The fourth-order valence-electron chi connectivity index (χ4n) is 9.86. The molecule has 4 heteroatoms. The number of carbonyl (C=O) groups excluding carboxylic acids is 1. The Hall–Kier alpha value is -2.17. The summed E-state index contributed by atoms with van der Waals surface area (Å²) in [5, 5.41) is 23.3. The highest BCUT2D eigenvalue weighted by atomic mass is 16.3. The Balaban J connectivity index is 3.47. The van der Waals surface area contributed by atoms with Crippen molar-refractivity contribution in [2.24, 2.45) is 0 Å². The lowest BCUT2D eigenvalue weighted by molar-refractivity contribution is -0.123. The maximum atomic E-state index is 12.5. The predicted molar refractivity (Wildman–Crippen MR) is 322 cm³/mol. The number of hydrogen-bond donors (Lipinski definition) is 3. The van der Waals surface area contributed by atoms with Crippen LogP contribution in [0.3, 0.4) is 0 Å². The highest BCUT2D eigenvalue weighted by Gasteiger charge is 2.18. The van der Waals surface area contributed by atoms with Gasteiger partial charge in [0.15, 0.2) is 0 Å². The molecule has 0 rings (SSSR count). The molecule has 72 heavy (non-hydrogen) atoms. The third-order valence-electron chi connectivity index (χ3n) is 14.7. The van der Waals surface area contributed by atoms with Crippen LogP contribution in [0.25, 0.3) is 0 Å². The van der Waals surface area contributed by atoms with Crippen molar-refractivity contribution in [3.8, 4) is 0 Å². The molecule has 3 N–H and O–H groups in total. The minimum absolute atomic E-state index is 0.0617. The Bertz CT molecular complexity index is 1230. The summed E-state index contributed by atoms with van der Waals surface area (Å²) in [4.78, 5) is 12.5. The molecule has 2 atom stereocenters. The van der Waals surface area contributed by atoms with Crippen molar-refractivity contribution in [2.45, 2.75) is 347 Å². The molecule has 2 unspecified atom stereocenters. The second-order valence-electron chi connectivity index (χ2n) is 21.8. The van der Waals surface area contributed by atoms with Gasteiger partial charge in [0, 0.05) is 6.42 Å². The molecule has 0 aliphatic carbocycles. The van der Waals surface area contributed by atoms with Gasteiger partial charge in [-0.05, 0) is 64.2 Å². The molecular weight excluding hydrogens is 879 g/mol. The monoisotopic (exact) mass is 1000 g/mol. The lowest BCUT2D eigenvalue weighted by Gasteiger charge is -2.20. The number of aliphatic hydroxyl groups excluding tert-OH is 2. The van der Waals surface area contributed by atoms with E-state index < -0.39 is 12.1 Å². The first kappa shape index (κ1) is 69.8. The number of hydrogen-bond acceptors (Lipinski definition) is 3. The van der Waals surface area contributed by atoms with Crippen LogP contribution in [0.15, 0.2) is 72.9 Å². The molecule has 0 radical (unpaired) electrons. The summed E-state index contributed by atoms with van der Waals surface area (Å²) in [5.41, 5.74) is 0. The second kappa shape index (κ2) is 63.1. The Morgan fingerprint density at radius 2 is 0.611 bits per heavy atom. The van der Waals surface area contributed by atoms with Crippen molar-refractivity contribution in [3.63, 3.8) is 0 Å². The van der Waals surface area contributed by atoms with E-state index in [9.17, 15) is 15.0 Å². The van der Waals surface area contributed by atoms with Gasteiger partial charge in [0.05, 0.1) is 18.8 Å². The van der Waals surface area contributed by atoms with Gasteiger partial charge in [-0.1, -0.05) is 337 Å². The van der Waals surface area contributed by atoms with Gasteiger partial charge >= 0.3 is 0 Å². The first-order chi connectivity index (χ1) is 35.7. The molecule has 0 aliphatic heterocycles. The van der Waals surface area contributed by atoms with Crippen LogP contribution in [0.5, 0.6) is 0 Å². The average Bonchev–Trinajstić information content (AvgIpc) is 3.39. The van der Waals surface area contributed by atoms with Gasteiger partial charge in [-0.2, -0.15) is 0 Å². The Morgan fingerprint density at radius 1 is 0.347 bits per heavy atom. The summed E-state index contributed by atoms with van der Waals surface area (Å²) in [7, 11) is 0. The smallest absolute Gasteiger partial charge is 0.220 e. The largest absolute Gasteiger partial charge is 0.394 e. The maximum absolute atomic E-state index is 12.5. The van der Waals surface area contributed by atoms with Crippen molar-refractivity contribution < 1.29 is 15.0 Å². The maximum Gasteiger partial charge on any atom is 0.220 e. The summed E-state index contributed by atoms with van der Waals surface area (Å²) in [5.74, 6) is -0.0617. The number of rotatable bonds is 59. The lowest BCUT2D eigenvalue weighted by atomic mass is 10.0. The molecule has 4 nitrogen and oxygen atoms in total. The predicted octanol–water partition coefficient (Wildman–Crippen LogP) is 21.7. The van der Waals surface area contributed by atoms with E-state index in [0.29, 0.717) is 6.42 Å². The quantitative estimate of drug-likeness (QED) is 0.0420. The first-order valence-electron chi connectivity index (χ1n) is 32.2. The Kier molecular flexibility index (Phi) is 61.2. The van der Waals surface area contributed by atoms with Gasteiger partial charge in [0.1, 0.15) is 0 Å². The molecule has 0 spiro atoms. The number of nitrogens with one attached hydrogen (secondary N) is 1. The molecule has 0 saturated heterocycles. The minimum atomic E-state index is -0.843. The zero-order valence-corrected chi connectivity index (χ0v) is 48.4. The third-order valence-corrected chi connectivity index (χ3v) is 14.7. The van der Waals surface area contributed by atoms with E-state index in [4.69, 9.17) is 0 Å². The number of amides is 1. The molecule has 0 aromatic heterocycles. The van der Waals surface area contributed by atoms with E-state index >= 15 is 0 Å². The van der Waals surface area contributed by atoms with E-state index in [1.54, 1.807) is 6.08 Å². The summed E-state index contributed by atoms with van der Waals surface area (Å²) >= 11 is 0. The van der Waals surface area contributed by atoms with Gasteiger partial charge in [-0.25, -0.2) is 0 Å². The van der Waals surface area contributed by atoms with Crippen LogP contribution in [0.2, 0.25) is 0 Å². The van der Waals surface area contributed by atoms with Gasteiger partial charge in [0.2, 0.25) is 5.91 Å². The van der Waals surface area contributed by atoms with Crippen LogP contribution in [0, 0.1) is 0 Å². The van der Waals surface area contributed by atoms with Gasteiger partial charge in [0.25, 0.3) is 0 Å². The van der Waals surface area contributed by atoms with Crippen LogP contribution < -0.4 is 5.32 Å². The molecule has 0 aromatic rings. The summed E-state index contributed by atoms with van der Waals surface area (Å²) in [6, 6.07) is -0.627. The highest BCUT2D eigenvalue weighted by Crippen LogP contribution is 2.18. The van der Waals surface area contributed by atoms with E-state index in [0.717, 1.165) is 57.8 Å². The second-order valence-corrected chi connectivity index (χ2v) is 21.8. The zero-order chi connectivity index (χ0) is 52.0. The summed E-state index contributed by atoms with van der Waals surface area (Å²) < 4.78 is 0. The molecule has 0 heterocycles. The van der Waals surface area contributed by atoms with Crippen LogP contribution >= 0.6 is 0 Å². The Labute approximate surface area is 450 Å². The minimum Gasteiger partial charge on any atom is -0.394 e. The fourth-order valence-corrected chi connectivity index (χ4v) is 9.86. The molecule has 0 fully saturated rings. The standard InChI is InChI=1S/C68H125NO3/c1-3-5-7-9-11-13-15-17-19-21-23-25-27-29-31-33-34-36-38-40-42-44-46-48-50-52-54-56-58-60-62-64-68(72)69-66(65-70)67(71)63-61-59-57-55-53-51-49-47-45-43-41-39-37-35-32-30-28-26-24-22-20-18-16-14-12-10-8-6-4-2/h5,7,11,13,17,19,23,25,29,31,61,63,66-67,70-71H,3-4,6,8-10,12,14-16,18,20-22,24,26-28,30,32-60,62,64-65H2,1-2H3,(H,69,72)/b7-5-,13-11-,19-17-,25-23-,31-29-,63-61+. The van der Waals surface area contributed by atoms with E-state index in [2.05, 4.69) is 79.9 Å². The normalized spacial score (nSPS) is 13.2. The molecule has 0 bridgehead atoms. The van der Waals surface area contributed by atoms with Crippen LogP contribution in [-0.4, -0.2) is 34.9 Å². The number of allylic oxidation sites excluding steroid dienone is 11. The highest BCUT2D eigenvalue weighted by molar-refractivity contribution is 5.76. The van der Waals surface area contributed by atoms with Crippen molar-refractivity contribution in [2.75, 3.05) is 6.61 Å². The van der Waals surface area contributed by atoms with E-state index in [1.165, 1.54) is 257 Å². The van der Waals surface area contributed by atoms with Crippen LogP contribution in [-0.2, 0) is 4.79 Å². The molecular formula is C68H125NO3. The van der Waals surface area contributed by atoms with E-state index in [1.807, 2.05) is 6.08 Å². The fraction of sp³-hybridized carbons (Fsp3) is 0.809. The number of unbranched alkanes of at least 4 members (excludes halogenated alkanes) is 42. The van der Waals surface area contributed by atoms with E-state index in [-0.39, 0.29) is 12.5 Å². The van der Waals surface area contributed by atoms with Crippen LogP contribution in [0.4, 0.5) is 0 Å². The SMILES string of the molecule is CC/C=C\C/C=C\C/C=C\C/C=C\C/C=C\CCCCCCCCCCCCCCCCCC(=O)NC(CO)C(O)/C=C/CCCCCCCCCCCCCCCCCCCCCCCCCCCCC. The van der Waals surface area contributed by atoms with Gasteiger partial charge in [-0.3, -0.25) is 4.79 Å². The molecule has 0 aromatic carbocycles. The van der Waals surface area contributed by atoms with Crippen molar-refractivity contribution in [1.82, 2.24) is 5.32 Å². The Morgan fingerprint density at radius 3 is 0.917 bits per heavy atom. The third kappa shape index (κ3) is 58.7. The first-order valence-corrected chi connectivity index (χ1v) is 32.2. The van der Waals surface area contributed by atoms with Crippen molar-refractivity contribution in [1.29, 1.82) is 0 Å². The average molecular weight is 1000 g/mol. The number of aliphatic hydroxyl groups is 2. The van der Waals surface area contributed by atoms with Gasteiger partial charge in [-0.15, -0.1) is 0 Å². The number of carbonyl (C=O) groups is 1.